The highest BCUT2D eigenvalue weighted by atomic mass is 35.6. The molecule has 1 N–H and O–H groups in total. The quantitative estimate of drug-likeness (QED) is 0.823. The van der Waals surface area contributed by atoms with Gasteiger partial charge < -0.3 is 5.32 Å². The van der Waals surface area contributed by atoms with Crippen molar-refractivity contribution in [3.05, 3.63) is 35.6 Å². The summed E-state index contributed by atoms with van der Waals surface area (Å²) < 4.78 is 10.7. The number of benzene rings is 1. The molecule has 0 atom stereocenters. The molecule has 0 bridgehead atoms. The molecular weight excluding hydrogens is 263 g/mol. The van der Waals surface area contributed by atoms with Gasteiger partial charge in [-0.15, -0.1) is 0 Å². The van der Waals surface area contributed by atoms with E-state index in [-0.39, 0.29) is 12.4 Å². The molecule has 0 aliphatic heterocycles. The first kappa shape index (κ1) is 12.6. The summed E-state index contributed by atoms with van der Waals surface area (Å²) in [6.07, 6.45) is 0. The maximum Gasteiger partial charge on any atom is 0.272 e. The van der Waals surface area contributed by atoms with Crippen LogP contribution in [-0.4, -0.2) is 9.70 Å². The first-order valence-electron chi connectivity index (χ1n) is 3.99. The summed E-state index contributed by atoms with van der Waals surface area (Å²) in [5.41, 5.74) is 0.595. The standard InChI is InChI=1S/C9H7Cl3FNO/c10-9(11,12)8(15)14-5-6-2-1-3-7(13)4-6/h1-4H,5H2,(H,14,15). The number of alkyl halides is 3. The molecule has 0 heterocycles. The van der Waals surface area contributed by atoms with Crippen molar-refractivity contribution in [3.8, 4) is 0 Å². The number of carbonyl (C=O) groups is 1. The number of hydrogen-bond acceptors (Lipinski definition) is 1. The molecule has 2 nitrogen and oxygen atoms in total. The third-order valence-electron chi connectivity index (χ3n) is 1.60. The maximum absolute atomic E-state index is 12.7. The van der Waals surface area contributed by atoms with Gasteiger partial charge in [0.2, 0.25) is 0 Å². The molecule has 6 heteroatoms. The highest BCUT2D eigenvalue weighted by molar-refractivity contribution is 6.76. The van der Waals surface area contributed by atoms with Gasteiger partial charge in [-0.1, -0.05) is 46.9 Å². The summed E-state index contributed by atoms with van der Waals surface area (Å²) in [7, 11) is 0. The van der Waals surface area contributed by atoms with E-state index in [9.17, 15) is 9.18 Å². The Morgan fingerprint density at radius 3 is 2.60 bits per heavy atom. The second kappa shape index (κ2) is 5.01. The number of amides is 1. The van der Waals surface area contributed by atoms with Gasteiger partial charge in [-0.2, -0.15) is 0 Å². The average molecular weight is 271 g/mol. The van der Waals surface area contributed by atoms with E-state index in [1.54, 1.807) is 6.07 Å². The minimum atomic E-state index is -1.99. The van der Waals surface area contributed by atoms with Crippen molar-refractivity contribution in [3.63, 3.8) is 0 Å². The van der Waals surface area contributed by atoms with Gasteiger partial charge in [-0.3, -0.25) is 4.79 Å². The van der Waals surface area contributed by atoms with Gasteiger partial charge in [-0.25, -0.2) is 4.39 Å². The first-order chi connectivity index (χ1) is 6.89. The molecule has 0 aromatic heterocycles. The molecule has 0 saturated heterocycles. The molecule has 0 spiro atoms. The highest BCUT2D eigenvalue weighted by Gasteiger charge is 2.29. The Balaban J connectivity index is 2.55. The number of hydrogen-bond donors (Lipinski definition) is 1. The third kappa shape index (κ3) is 4.24. The van der Waals surface area contributed by atoms with E-state index in [4.69, 9.17) is 34.8 Å². The van der Waals surface area contributed by atoms with Crippen LogP contribution in [0.25, 0.3) is 0 Å². The van der Waals surface area contributed by atoms with Gasteiger partial charge in [0.05, 0.1) is 0 Å². The van der Waals surface area contributed by atoms with E-state index in [1.165, 1.54) is 18.2 Å². The van der Waals surface area contributed by atoms with Crippen LogP contribution in [0, 0.1) is 5.82 Å². The minimum Gasteiger partial charge on any atom is -0.348 e. The predicted molar refractivity (Wildman–Crippen MR) is 58.5 cm³/mol. The van der Waals surface area contributed by atoms with Crippen LogP contribution < -0.4 is 5.32 Å². The van der Waals surface area contributed by atoms with E-state index < -0.39 is 9.70 Å². The van der Waals surface area contributed by atoms with Crippen molar-refractivity contribution in [1.82, 2.24) is 5.32 Å². The maximum atomic E-state index is 12.7. The molecule has 0 saturated carbocycles. The zero-order chi connectivity index (χ0) is 11.5. The van der Waals surface area contributed by atoms with Gasteiger partial charge in [-0.05, 0) is 17.7 Å². The largest absolute Gasteiger partial charge is 0.348 e. The molecule has 0 aliphatic carbocycles. The molecule has 1 aromatic carbocycles. The third-order valence-corrected chi connectivity index (χ3v) is 2.11. The first-order valence-corrected chi connectivity index (χ1v) is 5.12. The van der Waals surface area contributed by atoms with Crippen molar-refractivity contribution in [2.24, 2.45) is 0 Å². The lowest BCUT2D eigenvalue weighted by atomic mass is 10.2. The fourth-order valence-electron chi connectivity index (χ4n) is 0.929. The number of nitrogens with one attached hydrogen (secondary N) is 1. The molecular formula is C9H7Cl3FNO. The van der Waals surface area contributed by atoms with Crippen LogP contribution in [0.4, 0.5) is 4.39 Å². The summed E-state index contributed by atoms with van der Waals surface area (Å²) in [5, 5.41) is 2.36. The highest BCUT2D eigenvalue weighted by Crippen LogP contribution is 2.25. The van der Waals surface area contributed by atoms with Crippen molar-refractivity contribution < 1.29 is 9.18 Å². The molecule has 82 valence electrons. The number of carbonyl (C=O) groups excluding carboxylic acids is 1. The second-order valence-corrected chi connectivity index (χ2v) is 5.09. The van der Waals surface area contributed by atoms with Crippen LogP contribution in [0.15, 0.2) is 24.3 Å². The van der Waals surface area contributed by atoms with Crippen molar-refractivity contribution >= 4 is 40.7 Å². The summed E-state index contributed by atoms with van der Waals surface area (Å²) >= 11 is 16.0. The Kier molecular flexibility index (Phi) is 4.20. The van der Waals surface area contributed by atoms with Crippen LogP contribution >= 0.6 is 34.8 Å². The summed E-state index contributed by atoms with van der Waals surface area (Å²) in [6.45, 7) is 0.116. The van der Waals surface area contributed by atoms with Gasteiger partial charge >= 0.3 is 0 Å². The smallest absolute Gasteiger partial charge is 0.272 e. The SMILES string of the molecule is O=C(NCc1cccc(F)c1)C(Cl)(Cl)Cl. The van der Waals surface area contributed by atoms with Crippen LogP contribution in [0.1, 0.15) is 5.56 Å². The fourth-order valence-corrected chi connectivity index (χ4v) is 1.13. The lowest BCUT2D eigenvalue weighted by Gasteiger charge is -2.11. The molecule has 0 unspecified atom stereocenters. The van der Waals surface area contributed by atoms with E-state index in [2.05, 4.69) is 5.32 Å². The van der Waals surface area contributed by atoms with E-state index in [1.807, 2.05) is 0 Å². The van der Waals surface area contributed by atoms with Crippen LogP contribution in [-0.2, 0) is 11.3 Å². The molecule has 1 aromatic rings. The van der Waals surface area contributed by atoms with Gasteiger partial charge in [0, 0.05) is 6.54 Å². The lowest BCUT2D eigenvalue weighted by Crippen LogP contribution is -2.33. The molecule has 0 fully saturated rings. The molecule has 1 rings (SSSR count). The van der Waals surface area contributed by atoms with Crippen molar-refractivity contribution in [2.75, 3.05) is 0 Å². The Morgan fingerprint density at radius 2 is 2.07 bits per heavy atom. The fraction of sp³-hybridized carbons (Fsp3) is 0.222. The van der Waals surface area contributed by atoms with Crippen molar-refractivity contribution in [1.29, 1.82) is 0 Å². The summed E-state index contributed by atoms with van der Waals surface area (Å²) in [5.74, 6) is -1.12. The monoisotopic (exact) mass is 269 g/mol. The van der Waals surface area contributed by atoms with Gasteiger partial charge in [0.15, 0.2) is 0 Å². The molecule has 0 radical (unpaired) electrons. The topological polar surface area (TPSA) is 29.1 Å². The van der Waals surface area contributed by atoms with Crippen LogP contribution in [0.2, 0.25) is 0 Å². The van der Waals surface area contributed by atoms with Crippen molar-refractivity contribution in [2.45, 2.75) is 10.3 Å². The molecule has 0 aliphatic rings. The summed E-state index contributed by atoms with van der Waals surface area (Å²) in [6, 6.07) is 5.78. The Hall–Kier alpha value is -0.510. The second-order valence-electron chi connectivity index (χ2n) is 2.81. The Bertz CT molecular complexity index is 365. The lowest BCUT2D eigenvalue weighted by molar-refractivity contribution is -0.120. The van der Waals surface area contributed by atoms with E-state index >= 15 is 0 Å². The van der Waals surface area contributed by atoms with Crippen LogP contribution in [0.3, 0.4) is 0 Å². The summed E-state index contributed by atoms with van der Waals surface area (Å²) in [4.78, 5) is 11.1. The molecule has 1 amide bonds. The zero-order valence-corrected chi connectivity index (χ0v) is 9.70. The number of rotatable bonds is 2. The average Bonchev–Trinajstić information content (AvgIpc) is 2.12. The zero-order valence-electron chi connectivity index (χ0n) is 7.44. The molecule has 15 heavy (non-hydrogen) atoms. The Labute approximate surface area is 101 Å². The minimum absolute atomic E-state index is 0.116. The van der Waals surface area contributed by atoms with Crippen LogP contribution in [0.5, 0.6) is 0 Å². The number of halogens is 4. The normalized spacial score (nSPS) is 11.2. The Morgan fingerprint density at radius 1 is 1.40 bits per heavy atom. The van der Waals surface area contributed by atoms with E-state index in [0.717, 1.165) is 0 Å². The van der Waals surface area contributed by atoms with Gasteiger partial charge in [0.25, 0.3) is 9.70 Å². The predicted octanol–water partition coefficient (Wildman–Crippen LogP) is 2.81. The van der Waals surface area contributed by atoms with E-state index in [0.29, 0.717) is 5.56 Å². The van der Waals surface area contributed by atoms with Gasteiger partial charge in [0.1, 0.15) is 5.82 Å².